The Morgan fingerprint density at radius 2 is 2.00 bits per heavy atom. The zero-order chi connectivity index (χ0) is 18.1. The van der Waals surface area contributed by atoms with Gasteiger partial charge in [0.15, 0.2) is 5.76 Å². The number of aliphatic hydroxyl groups is 1. The van der Waals surface area contributed by atoms with E-state index in [1.54, 1.807) is 35.5 Å². The summed E-state index contributed by atoms with van der Waals surface area (Å²) in [5.74, 6) is -1.13. The Morgan fingerprint density at radius 1 is 1.19 bits per heavy atom. The molecule has 26 heavy (non-hydrogen) atoms. The van der Waals surface area contributed by atoms with Crippen molar-refractivity contribution in [3.8, 4) is 0 Å². The van der Waals surface area contributed by atoms with Crippen LogP contribution in [0.3, 0.4) is 0 Å². The van der Waals surface area contributed by atoms with Gasteiger partial charge in [0.05, 0.1) is 16.5 Å². The van der Waals surface area contributed by atoms with Crippen LogP contribution < -0.4 is 0 Å². The van der Waals surface area contributed by atoms with E-state index in [4.69, 9.17) is 0 Å². The molecule has 3 heterocycles. The average molecular weight is 368 g/mol. The summed E-state index contributed by atoms with van der Waals surface area (Å²) in [4.78, 5) is 32.4. The second-order valence-corrected chi connectivity index (χ2v) is 7.71. The molecule has 1 aliphatic heterocycles. The average Bonchev–Trinajstić information content (AvgIpc) is 3.31. The second-order valence-electron chi connectivity index (χ2n) is 6.76. The van der Waals surface area contributed by atoms with E-state index in [1.807, 2.05) is 11.4 Å². The summed E-state index contributed by atoms with van der Waals surface area (Å²) in [6.45, 7) is 0. The van der Waals surface area contributed by atoms with Crippen LogP contribution in [0.1, 0.15) is 53.4 Å². The van der Waals surface area contributed by atoms with Crippen molar-refractivity contribution in [1.29, 1.82) is 0 Å². The number of amides is 1. The van der Waals surface area contributed by atoms with Crippen LogP contribution in [0.2, 0.25) is 0 Å². The molecule has 4 rings (SSSR count). The number of thiophene rings is 1. The predicted molar refractivity (Wildman–Crippen MR) is 99.0 cm³/mol. The maximum absolute atomic E-state index is 13.1. The lowest BCUT2D eigenvalue weighted by Gasteiger charge is -2.36. The number of carbonyl (C=O) groups excluding carboxylic acids is 2. The topological polar surface area (TPSA) is 70.5 Å². The number of aliphatic hydroxyl groups excluding tert-OH is 1. The van der Waals surface area contributed by atoms with E-state index in [1.165, 1.54) is 11.3 Å². The number of carbonyl (C=O) groups is 2. The Hall–Kier alpha value is -2.47. The SMILES string of the molecule is O=C(C1=C(O)C(=O)N(C2CCCCC2)C1c1cccnc1)c1cccs1. The molecule has 0 saturated heterocycles. The highest BCUT2D eigenvalue weighted by Gasteiger charge is 2.46. The van der Waals surface area contributed by atoms with Gasteiger partial charge in [0, 0.05) is 18.4 Å². The molecule has 6 heteroatoms. The Bertz CT molecular complexity index is 839. The van der Waals surface area contributed by atoms with Crippen LogP contribution in [0.15, 0.2) is 53.4 Å². The van der Waals surface area contributed by atoms with Crippen molar-refractivity contribution in [2.45, 2.75) is 44.2 Å². The lowest BCUT2D eigenvalue weighted by molar-refractivity contribution is -0.132. The highest BCUT2D eigenvalue weighted by Crippen LogP contribution is 2.42. The lowest BCUT2D eigenvalue weighted by Crippen LogP contribution is -2.41. The van der Waals surface area contributed by atoms with Crippen molar-refractivity contribution in [1.82, 2.24) is 9.88 Å². The first-order valence-corrected chi connectivity index (χ1v) is 9.80. The standard InChI is InChI=1S/C20H20N2O3S/c23-18(15-9-5-11-26-15)16-17(13-6-4-10-21-12-13)22(20(25)19(16)24)14-7-2-1-3-8-14/h4-6,9-12,14,17,24H,1-3,7-8H2. The summed E-state index contributed by atoms with van der Waals surface area (Å²) >= 11 is 1.31. The molecule has 0 aromatic carbocycles. The van der Waals surface area contributed by atoms with E-state index in [0.29, 0.717) is 4.88 Å². The summed E-state index contributed by atoms with van der Waals surface area (Å²) in [6, 6.07) is 6.64. The fourth-order valence-electron chi connectivity index (χ4n) is 4.00. The molecule has 1 amide bonds. The van der Waals surface area contributed by atoms with Gasteiger partial charge in [0.1, 0.15) is 0 Å². The van der Waals surface area contributed by atoms with Gasteiger partial charge in [-0.25, -0.2) is 0 Å². The van der Waals surface area contributed by atoms with Gasteiger partial charge in [0.2, 0.25) is 5.78 Å². The Morgan fingerprint density at radius 3 is 2.65 bits per heavy atom. The van der Waals surface area contributed by atoms with Gasteiger partial charge < -0.3 is 10.0 Å². The molecule has 1 unspecified atom stereocenters. The third kappa shape index (κ3) is 2.84. The summed E-state index contributed by atoms with van der Waals surface area (Å²) in [5.41, 5.74) is 0.936. The predicted octanol–water partition coefficient (Wildman–Crippen LogP) is 4.05. The van der Waals surface area contributed by atoms with Gasteiger partial charge in [-0.3, -0.25) is 14.6 Å². The minimum absolute atomic E-state index is 0.0391. The third-order valence-corrected chi connectivity index (χ3v) is 6.07. The highest BCUT2D eigenvalue weighted by atomic mass is 32.1. The van der Waals surface area contributed by atoms with Gasteiger partial charge >= 0.3 is 0 Å². The van der Waals surface area contributed by atoms with Crippen molar-refractivity contribution in [3.63, 3.8) is 0 Å². The smallest absolute Gasteiger partial charge is 0.290 e. The second kappa shape index (κ2) is 7.03. The molecule has 1 fully saturated rings. The molecule has 0 bridgehead atoms. The monoisotopic (exact) mass is 368 g/mol. The number of ketones is 1. The number of Topliss-reactive ketones (excluding diaryl/α,β-unsaturated/α-hetero) is 1. The number of pyridine rings is 1. The summed E-state index contributed by atoms with van der Waals surface area (Å²) < 4.78 is 0. The first-order chi connectivity index (χ1) is 12.7. The molecule has 1 atom stereocenters. The van der Waals surface area contributed by atoms with Crippen LogP contribution in [-0.2, 0) is 4.79 Å². The molecule has 2 aliphatic rings. The molecule has 0 spiro atoms. The Labute approximate surface area is 156 Å². The van der Waals surface area contributed by atoms with Crippen molar-refractivity contribution < 1.29 is 14.7 Å². The first-order valence-electron chi connectivity index (χ1n) is 8.92. The van der Waals surface area contributed by atoms with Crippen LogP contribution in [-0.4, -0.2) is 32.7 Å². The number of nitrogens with zero attached hydrogens (tertiary/aromatic N) is 2. The number of hydrogen-bond donors (Lipinski definition) is 1. The molecule has 1 N–H and O–H groups in total. The van der Waals surface area contributed by atoms with Crippen LogP contribution in [0.25, 0.3) is 0 Å². The van der Waals surface area contributed by atoms with Gasteiger partial charge in [-0.1, -0.05) is 31.4 Å². The first kappa shape index (κ1) is 17.0. The largest absolute Gasteiger partial charge is 0.503 e. The van der Waals surface area contributed by atoms with Gasteiger partial charge in [0.25, 0.3) is 5.91 Å². The molecule has 5 nitrogen and oxygen atoms in total. The van der Waals surface area contributed by atoms with Gasteiger partial charge in [-0.2, -0.15) is 0 Å². The molecule has 2 aromatic heterocycles. The van der Waals surface area contributed by atoms with Crippen molar-refractivity contribution >= 4 is 23.0 Å². The minimum atomic E-state index is -0.575. The maximum atomic E-state index is 13.1. The van der Waals surface area contributed by atoms with E-state index < -0.39 is 17.7 Å². The summed E-state index contributed by atoms with van der Waals surface area (Å²) in [7, 11) is 0. The molecular formula is C20H20N2O3S. The van der Waals surface area contributed by atoms with Crippen LogP contribution in [0.5, 0.6) is 0 Å². The van der Waals surface area contributed by atoms with Crippen LogP contribution in [0.4, 0.5) is 0 Å². The van der Waals surface area contributed by atoms with E-state index in [0.717, 1.165) is 37.7 Å². The number of hydrogen-bond acceptors (Lipinski definition) is 5. The number of rotatable bonds is 4. The lowest BCUT2D eigenvalue weighted by atomic mass is 9.91. The van der Waals surface area contributed by atoms with Gasteiger partial charge in [-0.05, 0) is 35.9 Å². The van der Waals surface area contributed by atoms with E-state index >= 15 is 0 Å². The van der Waals surface area contributed by atoms with Crippen molar-refractivity contribution in [3.05, 3.63) is 63.8 Å². The maximum Gasteiger partial charge on any atom is 0.290 e. The fraction of sp³-hybridized carbons (Fsp3) is 0.350. The zero-order valence-corrected chi connectivity index (χ0v) is 15.1. The van der Waals surface area contributed by atoms with Crippen LogP contribution >= 0.6 is 11.3 Å². The molecule has 134 valence electrons. The van der Waals surface area contributed by atoms with E-state index in [-0.39, 0.29) is 17.4 Å². The number of aromatic nitrogens is 1. The minimum Gasteiger partial charge on any atom is -0.503 e. The normalized spacial score (nSPS) is 21.5. The zero-order valence-electron chi connectivity index (χ0n) is 14.3. The van der Waals surface area contributed by atoms with E-state index in [2.05, 4.69) is 4.98 Å². The van der Waals surface area contributed by atoms with Crippen molar-refractivity contribution in [2.75, 3.05) is 0 Å². The van der Waals surface area contributed by atoms with Crippen molar-refractivity contribution in [2.24, 2.45) is 0 Å². The summed E-state index contributed by atoms with van der Waals surface area (Å²) in [5, 5.41) is 12.4. The van der Waals surface area contributed by atoms with Crippen LogP contribution in [0, 0.1) is 0 Å². The molecule has 0 radical (unpaired) electrons. The highest BCUT2D eigenvalue weighted by molar-refractivity contribution is 7.12. The molecular weight excluding hydrogens is 348 g/mol. The van der Waals surface area contributed by atoms with Gasteiger partial charge in [-0.15, -0.1) is 11.3 Å². The molecule has 2 aromatic rings. The Kier molecular flexibility index (Phi) is 4.59. The fourth-order valence-corrected chi connectivity index (χ4v) is 4.67. The summed E-state index contributed by atoms with van der Waals surface area (Å²) in [6.07, 6.45) is 8.42. The Balaban J connectivity index is 1.80. The molecule has 1 saturated carbocycles. The van der Waals surface area contributed by atoms with E-state index in [9.17, 15) is 14.7 Å². The molecule has 1 aliphatic carbocycles. The third-order valence-electron chi connectivity index (χ3n) is 5.20. The quantitative estimate of drug-likeness (QED) is 0.827.